The lowest BCUT2D eigenvalue weighted by atomic mass is 10.0. The third-order valence-electron chi connectivity index (χ3n) is 6.97. The van der Waals surface area contributed by atoms with Crippen molar-refractivity contribution in [2.75, 3.05) is 17.4 Å². The summed E-state index contributed by atoms with van der Waals surface area (Å²) in [5, 5.41) is 2.88. The molecule has 0 aliphatic heterocycles. The van der Waals surface area contributed by atoms with Crippen LogP contribution in [-0.2, 0) is 32.6 Å². The van der Waals surface area contributed by atoms with Crippen molar-refractivity contribution in [3.05, 3.63) is 130 Å². The molecule has 0 saturated carbocycles. The van der Waals surface area contributed by atoms with Crippen molar-refractivity contribution in [3.63, 3.8) is 0 Å². The monoisotopic (exact) mass is 661 g/mol. The number of rotatable bonds is 12. The molecular weight excluding hydrogens is 626 g/mol. The Morgan fingerprint density at radius 3 is 2.02 bits per heavy atom. The number of nitrogens with one attached hydrogen (secondary N) is 1. The molecular formula is C34H36BrN3O4S. The molecule has 7 nitrogen and oxygen atoms in total. The van der Waals surface area contributed by atoms with E-state index in [4.69, 9.17) is 0 Å². The third-order valence-corrected chi connectivity index (χ3v) is 9.25. The van der Waals surface area contributed by atoms with E-state index < -0.39 is 28.5 Å². The highest BCUT2D eigenvalue weighted by atomic mass is 79.9. The number of likely N-dealkylation sites (N-methyl/N-ethyl adjacent to an activating group) is 1. The smallest absolute Gasteiger partial charge is 0.264 e. The quantitative estimate of drug-likeness (QED) is 0.201. The van der Waals surface area contributed by atoms with Gasteiger partial charge in [-0.15, -0.1) is 0 Å². The minimum Gasteiger partial charge on any atom is -0.355 e. The minimum absolute atomic E-state index is 0.0741. The topological polar surface area (TPSA) is 86.8 Å². The summed E-state index contributed by atoms with van der Waals surface area (Å²) in [6, 6.07) is 29.7. The maximum absolute atomic E-state index is 14.4. The Labute approximate surface area is 262 Å². The Morgan fingerprint density at radius 1 is 0.814 bits per heavy atom. The maximum Gasteiger partial charge on any atom is 0.264 e. The number of anilines is 1. The van der Waals surface area contributed by atoms with E-state index >= 15 is 0 Å². The Bertz CT molecular complexity index is 1640. The van der Waals surface area contributed by atoms with E-state index in [2.05, 4.69) is 21.2 Å². The van der Waals surface area contributed by atoms with E-state index in [1.165, 1.54) is 17.0 Å². The number of hydrogen-bond acceptors (Lipinski definition) is 4. The summed E-state index contributed by atoms with van der Waals surface area (Å²) >= 11 is 3.50. The summed E-state index contributed by atoms with van der Waals surface area (Å²) in [7, 11) is -4.13. The van der Waals surface area contributed by atoms with Gasteiger partial charge in [-0.1, -0.05) is 82.7 Å². The van der Waals surface area contributed by atoms with E-state index in [-0.39, 0.29) is 23.8 Å². The molecule has 9 heteroatoms. The first-order chi connectivity index (χ1) is 20.6. The molecule has 0 spiro atoms. The standard InChI is InChI=1S/C34H36BrN3O4S/c1-4-36-34(40)32(22-27-12-7-5-8-13-27)37(23-28-14-11-15-29(35)21-28)33(39)24-38(30-19-25(2)18-26(3)20-30)43(41,42)31-16-9-6-10-17-31/h5-21,32H,4,22-24H2,1-3H3,(H,36,40)/t32-/m1/s1. The molecule has 43 heavy (non-hydrogen) atoms. The second kappa shape index (κ2) is 14.5. The number of nitrogens with zero attached hydrogens (tertiary/aromatic N) is 2. The summed E-state index contributed by atoms with van der Waals surface area (Å²) in [5.41, 5.74) is 3.80. The first-order valence-electron chi connectivity index (χ1n) is 14.1. The zero-order valence-electron chi connectivity index (χ0n) is 24.5. The lowest BCUT2D eigenvalue weighted by molar-refractivity contribution is -0.140. The molecule has 0 fully saturated rings. The van der Waals surface area contributed by atoms with E-state index in [1.54, 1.807) is 30.3 Å². The fraction of sp³-hybridized carbons (Fsp3) is 0.235. The summed E-state index contributed by atoms with van der Waals surface area (Å²) in [4.78, 5) is 29.6. The van der Waals surface area contributed by atoms with Crippen molar-refractivity contribution in [3.8, 4) is 0 Å². The van der Waals surface area contributed by atoms with Gasteiger partial charge in [0, 0.05) is 24.0 Å². The SMILES string of the molecule is CCNC(=O)[C@@H](Cc1ccccc1)N(Cc1cccc(Br)c1)C(=O)CN(c1cc(C)cc(C)c1)S(=O)(=O)c1ccccc1. The van der Waals surface area contributed by atoms with Crippen molar-refractivity contribution in [2.24, 2.45) is 0 Å². The summed E-state index contributed by atoms with van der Waals surface area (Å²) in [5.74, 6) is -0.801. The molecule has 4 aromatic rings. The molecule has 0 bridgehead atoms. The number of carbonyl (C=O) groups excluding carboxylic acids is 2. The van der Waals surface area contributed by atoms with Crippen LogP contribution in [0.1, 0.15) is 29.2 Å². The molecule has 0 radical (unpaired) electrons. The van der Waals surface area contributed by atoms with Crippen molar-refractivity contribution in [2.45, 2.75) is 44.7 Å². The van der Waals surface area contributed by atoms with Crippen LogP contribution >= 0.6 is 15.9 Å². The number of hydrogen-bond donors (Lipinski definition) is 1. The van der Waals surface area contributed by atoms with E-state index in [0.717, 1.165) is 31.0 Å². The molecule has 2 amide bonds. The van der Waals surface area contributed by atoms with Gasteiger partial charge in [-0.05, 0) is 79.4 Å². The number of halogens is 1. The predicted molar refractivity (Wildman–Crippen MR) is 174 cm³/mol. The number of benzene rings is 4. The average molecular weight is 663 g/mol. The third kappa shape index (κ3) is 8.33. The van der Waals surface area contributed by atoms with Crippen LogP contribution in [-0.4, -0.2) is 44.3 Å². The van der Waals surface area contributed by atoms with Crippen LogP contribution in [0.4, 0.5) is 5.69 Å². The highest BCUT2D eigenvalue weighted by Gasteiger charge is 2.34. The van der Waals surface area contributed by atoms with Gasteiger partial charge in [0.15, 0.2) is 0 Å². The van der Waals surface area contributed by atoms with Crippen molar-refractivity contribution < 1.29 is 18.0 Å². The Morgan fingerprint density at radius 2 is 1.42 bits per heavy atom. The van der Waals surface area contributed by atoms with Crippen molar-refractivity contribution in [1.29, 1.82) is 0 Å². The minimum atomic E-state index is -4.13. The molecule has 4 rings (SSSR count). The fourth-order valence-corrected chi connectivity index (χ4v) is 6.89. The lowest BCUT2D eigenvalue weighted by Crippen LogP contribution is -2.53. The molecule has 1 N–H and O–H groups in total. The highest BCUT2D eigenvalue weighted by Crippen LogP contribution is 2.27. The zero-order chi connectivity index (χ0) is 31.0. The summed E-state index contributed by atoms with van der Waals surface area (Å²) in [6.45, 7) is 5.61. The van der Waals surface area contributed by atoms with Crippen LogP contribution in [0.15, 0.2) is 112 Å². The van der Waals surface area contributed by atoms with Crippen molar-refractivity contribution in [1.82, 2.24) is 10.2 Å². The largest absolute Gasteiger partial charge is 0.355 e. The lowest BCUT2D eigenvalue weighted by Gasteiger charge is -2.34. The molecule has 0 aromatic heterocycles. The zero-order valence-corrected chi connectivity index (χ0v) is 26.9. The van der Waals surface area contributed by atoms with Gasteiger partial charge in [0.25, 0.3) is 10.0 Å². The van der Waals surface area contributed by atoms with Gasteiger partial charge in [0.1, 0.15) is 12.6 Å². The molecule has 0 unspecified atom stereocenters. The van der Waals surface area contributed by atoms with Gasteiger partial charge < -0.3 is 10.2 Å². The number of amides is 2. The van der Waals surface area contributed by atoms with Crippen molar-refractivity contribution >= 4 is 43.5 Å². The maximum atomic E-state index is 14.4. The van der Waals surface area contributed by atoms with Gasteiger partial charge in [-0.3, -0.25) is 13.9 Å². The molecule has 0 aliphatic carbocycles. The van der Waals surface area contributed by atoms with E-state index in [9.17, 15) is 18.0 Å². The number of carbonyl (C=O) groups is 2. The second-order valence-corrected chi connectivity index (χ2v) is 13.2. The van der Waals surface area contributed by atoms with Crippen LogP contribution < -0.4 is 9.62 Å². The Hall–Kier alpha value is -3.95. The number of aryl methyl sites for hydroxylation is 2. The highest BCUT2D eigenvalue weighted by molar-refractivity contribution is 9.10. The summed E-state index contributed by atoms with van der Waals surface area (Å²) < 4.78 is 30.1. The number of sulfonamides is 1. The molecule has 0 heterocycles. The van der Waals surface area contributed by atoms with E-state index in [0.29, 0.717) is 12.2 Å². The second-order valence-electron chi connectivity index (χ2n) is 10.4. The molecule has 1 atom stereocenters. The first-order valence-corrected chi connectivity index (χ1v) is 16.3. The fourth-order valence-electron chi connectivity index (χ4n) is 5.02. The molecule has 4 aromatic carbocycles. The van der Waals surface area contributed by atoms with Crippen LogP contribution in [0.2, 0.25) is 0 Å². The van der Waals surface area contributed by atoms with Gasteiger partial charge in [-0.2, -0.15) is 0 Å². The van der Waals surface area contributed by atoms with Crippen LogP contribution in [0, 0.1) is 13.8 Å². The van der Waals surface area contributed by atoms with Gasteiger partial charge in [0.2, 0.25) is 11.8 Å². The van der Waals surface area contributed by atoms with Crippen LogP contribution in [0.3, 0.4) is 0 Å². The predicted octanol–water partition coefficient (Wildman–Crippen LogP) is 6.04. The Balaban J connectivity index is 1.81. The van der Waals surface area contributed by atoms with Gasteiger partial charge >= 0.3 is 0 Å². The van der Waals surface area contributed by atoms with Gasteiger partial charge in [0.05, 0.1) is 10.6 Å². The molecule has 224 valence electrons. The van der Waals surface area contributed by atoms with Crippen LogP contribution in [0.5, 0.6) is 0 Å². The Kier molecular flexibility index (Phi) is 10.8. The summed E-state index contributed by atoms with van der Waals surface area (Å²) in [6.07, 6.45) is 0.265. The van der Waals surface area contributed by atoms with Crippen LogP contribution in [0.25, 0.3) is 0 Å². The average Bonchev–Trinajstić information content (AvgIpc) is 2.98. The molecule has 0 saturated heterocycles. The first kappa shape index (κ1) is 32.0. The normalized spacial score (nSPS) is 11.9. The van der Waals surface area contributed by atoms with Gasteiger partial charge in [-0.25, -0.2) is 8.42 Å². The molecule has 0 aliphatic rings. The van der Waals surface area contributed by atoms with E-state index in [1.807, 2.05) is 81.4 Å².